The van der Waals surface area contributed by atoms with E-state index >= 15 is 0 Å². The molecular weight excluding hydrogens is 360 g/mol. The Balaban J connectivity index is 2.92. The predicted molar refractivity (Wildman–Crippen MR) is 85.6 cm³/mol. The highest BCUT2D eigenvalue weighted by Gasteiger charge is 2.20. The number of benzene rings is 1. The van der Waals surface area contributed by atoms with E-state index in [9.17, 15) is 8.42 Å². The van der Waals surface area contributed by atoms with Crippen molar-refractivity contribution in [3.63, 3.8) is 0 Å². The van der Waals surface area contributed by atoms with E-state index in [1.165, 1.54) is 20.3 Å². The van der Waals surface area contributed by atoms with Gasteiger partial charge in [0, 0.05) is 29.7 Å². The van der Waals surface area contributed by atoms with Crippen molar-refractivity contribution in [3.8, 4) is 11.5 Å². The lowest BCUT2D eigenvalue weighted by molar-refractivity contribution is 0.353. The Morgan fingerprint density at radius 1 is 1.14 bits per heavy atom. The van der Waals surface area contributed by atoms with E-state index in [1.54, 1.807) is 6.07 Å². The number of nitrogens with one attached hydrogen (secondary N) is 2. The van der Waals surface area contributed by atoms with Crippen molar-refractivity contribution in [1.82, 2.24) is 10.0 Å². The molecule has 0 aromatic heterocycles. The molecular formula is C13H21BrN2O4S. The van der Waals surface area contributed by atoms with Gasteiger partial charge in [-0.25, -0.2) is 13.1 Å². The standard InChI is InChI=1S/C13H21BrN2O4S/c1-9(2)15-5-6-16-21(17,18)13-8-12(20-4)11(19-3)7-10(13)14/h7-9,15-16H,5-6H2,1-4H3. The minimum atomic E-state index is -3.62. The molecule has 0 spiro atoms. The van der Waals surface area contributed by atoms with Crippen LogP contribution >= 0.6 is 15.9 Å². The van der Waals surface area contributed by atoms with Crippen molar-refractivity contribution >= 4 is 26.0 Å². The van der Waals surface area contributed by atoms with Crippen LogP contribution in [0.4, 0.5) is 0 Å². The van der Waals surface area contributed by atoms with Gasteiger partial charge < -0.3 is 14.8 Å². The summed E-state index contributed by atoms with van der Waals surface area (Å²) >= 11 is 3.25. The van der Waals surface area contributed by atoms with E-state index in [2.05, 4.69) is 26.0 Å². The molecule has 0 aliphatic rings. The topological polar surface area (TPSA) is 76.7 Å². The van der Waals surface area contributed by atoms with Gasteiger partial charge in [0.25, 0.3) is 0 Å². The summed E-state index contributed by atoms with van der Waals surface area (Å²) < 4.78 is 37.8. The number of sulfonamides is 1. The minimum Gasteiger partial charge on any atom is -0.493 e. The predicted octanol–water partition coefficient (Wildman–Crippen LogP) is 1.74. The average molecular weight is 381 g/mol. The molecule has 0 aliphatic heterocycles. The Bertz CT molecular complexity index is 576. The van der Waals surface area contributed by atoms with Crippen LogP contribution in [0.25, 0.3) is 0 Å². The Morgan fingerprint density at radius 2 is 1.71 bits per heavy atom. The van der Waals surface area contributed by atoms with Gasteiger partial charge in [-0.15, -0.1) is 0 Å². The molecule has 0 heterocycles. The van der Waals surface area contributed by atoms with Crippen molar-refractivity contribution in [2.24, 2.45) is 0 Å². The summed E-state index contributed by atoms with van der Waals surface area (Å²) in [5.41, 5.74) is 0. The van der Waals surface area contributed by atoms with Crippen molar-refractivity contribution in [3.05, 3.63) is 16.6 Å². The molecule has 8 heteroatoms. The first kappa shape index (κ1) is 18.2. The zero-order valence-electron chi connectivity index (χ0n) is 12.6. The third-order valence-electron chi connectivity index (χ3n) is 2.70. The fraction of sp³-hybridized carbons (Fsp3) is 0.538. The fourth-order valence-electron chi connectivity index (χ4n) is 1.67. The fourth-order valence-corrected chi connectivity index (χ4v) is 3.73. The van der Waals surface area contributed by atoms with Gasteiger partial charge in [-0.3, -0.25) is 0 Å². The summed E-state index contributed by atoms with van der Waals surface area (Å²) in [5, 5.41) is 3.14. The van der Waals surface area contributed by atoms with Crippen LogP contribution in [0, 0.1) is 0 Å². The molecule has 6 nitrogen and oxygen atoms in total. The summed E-state index contributed by atoms with van der Waals surface area (Å²) in [5.74, 6) is 0.825. The molecule has 0 fully saturated rings. The number of hydrogen-bond donors (Lipinski definition) is 2. The van der Waals surface area contributed by atoms with Gasteiger partial charge in [0.1, 0.15) is 4.90 Å². The SMILES string of the molecule is COc1cc(Br)c(S(=O)(=O)NCCNC(C)C)cc1OC. The molecule has 1 aromatic carbocycles. The summed E-state index contributed by atoms with van der Waals surface area (Å²) in [6.07, 6.45) is 0. The van der Waals surface area contributed by atoms with Crippen LogP contribution in [-0.2, 0) is 10.0 Å². The lowest BCUT2D eigenvalue weighted by Gasteiger charge is -2.13. The molecule has 1 aromatic rings. The maximum Gasteiger partial charge on any atom is 0.241 e. The summed E-state index contributed by atoms with van der Waals surface area (Å²) in [6.45, 7) is 4.86. The van der Waals surface area contributed by atoms with Crippen LogP contribution in [0.5, 0.6) is 11.5 Å². The van der Waals surface area contributed by atoms with Crippen LogP contribution in [-0.4, -0.2) is 41.8 Å². The summed E-state index contributed by atoms with van der Waals surface area (Å²) in [7, 11) is -0.664. The molecule has 21 heavy (non-hydrogen) atoms. The quantitative estimate of drug-likeness (QED) is 0.671. The van der Waals surface area contributed by atoms with E-state index in [-0.39, 0.29) is 4.90 Å². The van der Waals surface area contributed by atoms with Gasteiger partial charge in [-0.2, -0.15) is 0 Å². The van der Waals surface area contributed by atoms with Gasteiger partial charge >= 0.3 is 0 Å². The van der Waals surface area contributed by atoms with E-state index in [4.69, 9.17) is 9.47 Å². The molecule has 0 radical (unpaired) electrons. The van der Waals surface area contributed by atoms with Crippen molar-refractivity contribution in [2.75, 3.05) is 27.3 Å². The van der Waals surface area contributed by atoms with Crippen molar-refractivity contribution in [2.45, 2.75) is 24.8 Å². The molecule has 2 N–H and O–H groups in total. The number of hydrogen-bond acceptors (Lipinski definition) is 5. The molecule has 0 amide bonds. The highest BCUT2D eigenvalue weighted by molar-refractivity contribution is 9.10. The molecule has 1 rings (SSSR count). The minimum absolute atomic E-state index is 0.115. The monoisotopic (exact) mass is 380 g/mol. The highest BCUT2D eigenvalue weighted by atomic mass is 79.9. The van der Waals surface area contributed by atoms with Crippen LogP contribution < -0.4 is 19.5 Å². The van der Waals surface area contributed by atoms with Gasteiger partial charge in [-0.1, -0.05) is 13.8 Å². The van der Waals surface area contributed by atoms with E-state index in [1.807, 2.05) is 13.8 Å². The summed E-state index contributed by atoms with van der Waals surface area (Å²) in [4.78, 5) is 0.115. The first-order chi connectivity index (χ1) is 9.81. The second kappa shape index (κ2) is 7.98. The molecule has 0 saturated heterocycles. The Morgan fingerprint density at radius 3 is 2.24 bits per heavy atom. The van der Waals surface area contributed by atoms with Crippen molar-refractivity contribution < 1.29 is 17.9 Å². The second-order valence-corrected chi connectivity index (χ2v) is 7.23. The normalized spacial score (nSPS) is 11.7. The maximum absolute atomic E-state index is 12.3. The lowest BCUT2D eigenvalue weighted by Crippen LogP contribution is -2.34. The zero-order valence-corrected chi connectivity index (χ0v) is 15.0. The van der Waals surface area contributed by atoms with E-state index < -0.39 is 10.0 Å². The third-order valence-corrected chi connectivity index (χ3v) is 5.12. The van der Waals surface area contributed by atoms with Gasteiger partial charge in [0.2, 0.25) is 10.0 Å². The lowest BCUT2D eigenvalue weighted by atomic mass is 10.3. The average Bonchev–Trinajstić information content (AvgIpc) is 2.42. The zero-order chi connectivity index (χ0) is 16.0. The molecule has 0 unspecified atom stereocenters. The van der Waals surface area contributed by atoms with E-state index in [0.717, 1.165) is 0 Å². The second-order valence-electron chi connectivity index (χ2n) is 4.64. The van der Waals surface area contributed by atoms with Gasteiger partial charge in [0.05, 0.1) is 14.2 Å². The first-order valence-corrected chi connectivity index (χ1v) is 8.74. The number of ether oxygens (including phenoxy) is 2. The first-order valence-electron chi connectivity index (χ1n) is 6.46. The number of methoxy groups -OCH3 is 2. The number of rotatable bonds is 8. The van der Waals surface area contributed by atoms with Crippen LogP contribution in [0.15, 0.2) is 21.5 Å². The smallest absolute Gasteiger partial charge is 0.241 e. The summed E-state index contributed by atoms with van der Waals surface area (Å²) in [6, 6.07) is 3.31. The Labute approximate surface area is 134 Å². The van der Waals surface area contributed by atoms with Crippen LogP contribution in [0.3, 0.4) is 0 Å². The molecule has 0 aliphatic carbocycles. The highest BCUT2D eigenvalue weighted by Crippen LogP contribution is 2.35. The molecule has 0 bridgehead atoms. The Hall–Kier alpha value is -0.830. The third kappa shape index (κ3) is 5.14. The van der Waals surface area contributed by atoms with Crippen LogP contribution in [0.2, 0.25) is 0 Å². The van der Waals surface area contributed by atoms with Gasteiger partial charge in [-0.05, 0) is 22.0 Å². The maximum atomic E-state index is 12.3. The molecule has 0 saturated carbocycles. The van der Waals surface area contributed by atoms with E-state index in [0.29, 0.717) is 35.1 Å². The number of halogens is 1. The van der Waals surface area contributed by atoms with Crippen LogP contribution in [0.1, 0.15) is 13.8 Å². The Kier molecular flexibility index (Phi) is 6.92. The largest absolute Gasteiger partial charge is 0.493 e. The van der Waals surface area contributed by atoms with Gasteiger partial charge in [0.15, 0.2) is 11.5 Å². The molecule has 0 atom stereocenters. The molecule has 120 valence electrons. The van der Waals surface area contributed by atoms with Crippen molar-refractivity contribution in [1.29, 1.82) is 0 Å².